The van der Waals surface area contributed by atoms with Gasteiger partial charge >= 0.3 is 0 Å². The van der Waals surface area contributed by atoms with Crippen molar-refractivity contribution in [2.75, 3.05) is 26.2 Å². The molecule has 4 rings (SSSR count). The zero-order valence-electron chi connectivity index (χ0n) is 15.8. The number of carbonyl (C=O) groups is 1. The molecule has 1 aliphatic heterocycles. The summed E-state index contributed by atoms with van der Waals surface area (Å²) in [6.45, 7) is 4.89. The summed E-state index contributed by atoms with van der Waals surface area (Å²) in [7, 11) is 0. The third-order valence-electron chi connectivity index (χ3n) is 4.97. The topological polar surface area (TPSA) is 32.8 Å². The highest BCUT2D eigenvalue weighted by Crippen LogP contribution is 2.16. The Morgan fingerprint density at radius 2 is 1.64 bits per heavy atom. The first-order valence-electron chi connectivity index (χ1n) is 9.59. The number of nitrogens with zero attached hydrogens (tertiary/aromatic N) is 2. The smallest absolute Gasteiger partial charge is 0.253 e. The highest BCUT2D eigenvalue weighted by atomic mass is 32.1. The maximum absolute atomic E-state index is 12.8. The molecule has 144 valence electrons. The summed E-state index contributed by atoms with van der Waals surface area (Å²) in [5.41, 5.74) is 1.80. The Bertz CT molecular complexity index is 871. The van der Waals surface area contributed by atoms with Crippen molar-refractivity contribution in [1.82, 2.24) is 9.80 Å². The van der Waals surface area contributed by atoms with Gasteiger partial charge in [-0.3, -0.25) is 9.69 Å². The van der Waals surface area contributed by atoms with Crippen LogP contribution in [0.3, 0.4) is 0 Å². The quantitative estimate of drug-likeness (QED) is 0.628. The number of carbonyl (C=O) groups excluding carboxylic acids is 1. The summed E-state index contributed by atoms with van der Waals surface area (Å²) >= 11 is 1.79. The molecule has 0 radical (unpaired) electrons. The van der Waals surface area contributed by atoms with E-state index in [0.717, 1.165) is 49.6 Å². The van der Waals surface area contributed by atoms with E-state index in [1.807, 2.05) is 59.5 Å². The first-order chi connectivity index (χ1) is 13.8. The molecule has 3 aromatic rings. The monoisotopic (exact) mass is 392 g/mol. The lowest BCUT2D eigenvalue weighted by Crippen LogP contribution is -2.48. The number of para-hydroxylation sites is 1. The Hall–Kier alpha value is -2.63. The average molecular weight is 393 g/mol. The van der Waals surface area contributed by atoms with Gasteiger partial charge in [0, 0.05) is 43.2 Å². The number of amides is 1. The standard InChI is InChI=1S/C23H24N2O2S/c26-23(25-14-12-24(13-15-25)17-22-7-4-16-28-22)20-10-8-19(9-11-20)18-27-21-5-2-1-3-6-21/h1-11,16H,12-15,17-18H2. The molecule has 1 saturated heterocycles. The number of benzene rings is 2. The predicted molar refractivity (Wildman–Crippen MR) is 113 cm³/mol. The maximum Gasteiger partial charge on any atom is 0.253 e. The van der Waals surface area contributed by atoms with Crippen molar-refractivity contribution < 1.29 is 9.53 Å². The minimum atomic E-state index is 0.117. The van der Waals surface area contributed by atoms with Gasteiger partial charge in [0.1, 0.15) is 12.4 Å². The molecule has 0 spiro atoms. The lowest BCUT2D eigenvalue weighted by molar-refractivity contribution is 0.0629. The van der Waals surface area contributed by atoms with Crippen molar-refractivity contribution >= 4 is 17.2 Å². The molecular weight excluding hydrogens is 368 g/mol. The summed E-state index contributed by atoms with van der Waals surface area (Å²) in [6.07, 6.45) is 0. The highest BCUT2D eigenvalue weighted by molar-refractivity contribution is 7.09. The SMILES string of the molecule is O=C(c1ccc(COc2ccccc2)cc1)N1CCN(Cc2cccs2)CC1. The zero-order chi connectivity index (χ0) is 19.2. The second-order valence-corrected chi connectivity index (χ2v) is 7.98. The Kier molecular flexibility index (Phi) is 6.04. The van der Waals surface area contributed by atoms with Crippen LogP contribution in [0.4, 0.5) is 0 Å². The van der Waals surface area contributed by atoms with Gasteiger partial charge in [0.2, 0.25) is 0 Å². The van der Waals surface area contributed by atoms with E-state index in [1.54, 1.807) is 11.3 Å². The van der Waals surface area contributed by atoms with E-state index >= 15 is 0 Å². The van der Waals surface area contributed by atoms with Gasteiger partial charge in [-0.2, -0.15) is 0 Å². The molecule has 1 fully saturated rings. The van der Waals surface area contributed by atoms with E-state index in [2.05, 4.69) is 22.4 Å². The van der Waals surface area contributed by atoms with Gasteiger partial charge in [-0.15, -0.1) is 11.3 Å². The molecule has 2 aromatic carbocycles. The second-order valence-electron chi connectivity index (χ2n) is 6.95. The summed E-state index contributed by atoms with van der Waals surface area (Å²) < 4.78 is 5.76. The first kappa shape index (κ1) is 18.7. The molecule has 0 saturated carbocycles. The normalized spacial score (nSPS) is 14.8. The maximum atomic E-state index is 12.8. The Morgan fingerprint density at radius 3 is 2.32 bits per heavy atom. The van der Waals surface area contributed by atoms with Gasteiger partial charge in [0.25, 0.3) is 5.91 Å². The molecule has 0 atom stereocenters. The van der Waals surface area contributed by atoms with Crippen LogP contribution in [-0.2, 0) is 13.2 Å². The molecule has 1 amide bonds. The minimum Gasteiger partial charge on any atom is -0.489 e. The van der Waals surface area contributed by atoms with Crippen molar-refractivity contribution in [2.24, 2.45) is 0 Å². The van der Waals surface area contributed by atoms with Crippen LogP contribution >= 0.6 is 11.3 Å². The van der Waals surface area contributed by atoms with Crippen LogP contribution in [0.15, 0.2) is 72.1 Å². The number of thiophene rings is 1. The van der Waals surface area contributed by atoms with Gasteiger partial charge in [0.05, 0.1) is 0 Å². The molecule has 4 nitrogen and oxygen atoms in total. The predicted octanol–water partition coefficient (Wildman–Crippen LogP) is 4.29. The molecule has 1 aliphatic rings. The molecule has 5 heteroatoms. The van der Waals surface area contributed by atoms with Crippen LogP contribution in [0, 0.1) is 0 Å². The van der Waals surface area contributed by atoms with E-state index in [0.29, 0.717) is 6.61 Å². The van der Waals surface area contributed by atoms with Gasteiger partial charge in [-0.05, 0) is 41.3 Å². The minimum absolute atomic E-state index is 0.117. The second kappa shape index (κ2) is 9.04. The molecular formula is C23H24N2O2S. The van der Waals surface area contributed by atoms with E-state index in [1.165, 1.54) is 4.88 Å². The number of ether oxygens (including phenoxy) is 1. The first-order valence-corrected chi connectivity index (χ1v) is 10.5. The lowest BCUT2D eigenvalue weighted by Gasteiger charge is -2.34. The number of rotatable bonds is 6. The van der Waals surface area contributed by atoms with Crippen LogP contribution in [-0.4, -0.2) is 41.9 Å². The van der Waals surface area contributed by atoms with Crippen molar-refractivity contribution in [3.8, 4) is 5.75 Å². The fourth-order valence-electron chi connectivity index (χ4n) is 3.34. The van der Waals surface area contributed by atoms with Gasteiger partial charge < -0.3 is 9.64 Å². The van der Waals surface area contributed by atoms with Crippen LogP contribution < -0.4 is 4.74 Å². The van der Waals surface area contributed by atoms with E-state index in [4.69, 9.17) is 4.74 Å². The summed E-state index contributed by atoms with van der Waals surface area (Å²) in [5.74, 6) is 0.967. The van der Waals surface area contributed by atoms with E-state index < -0.39 is 0 Å². The summed E-state index contributed by atoms with van der Waals surface area (Å²) in [6, 6.07) is 21.8. The zero-order valence-corrected chi connectivity index (χ0v) is 16.6. The Labute approximate surface area is 170 Å². The van der Waals surface area contributed by atoms with Crippen molar-refractivity contribution in [3.05, 3.63) is 88.1 Å². The molecule has 0 bridgehead atoms. The molecule has 28 heavy (non-hydrogen) atoms. The van der Waals surface area contributed by atoms with Crippen LogP contribution in [0.2, 0.25) is 0 Å². The molecule has 0 unspecified atom stereocenters. The van der Waals surface area contributed by atoms with E-state index in [-0.39, 0.29) is 5.91 Å². The van der Waals surface area contributed by atoms with Gasteiger partial charge in [0.15, 0.2) is 0 Å². The van der Waals surface area contributed by atoms with E-state index in [9.17, 15) is 4.79 Å². The van der Waals surface area contributed by atoms with Crippen LogP contribution in [0.5, 0.6) is 5.75 Å². The number of hydrogen-bond donors (Lipinski definition) is 0. The molecule has 0 N–H and O–H groups in total. The highest BCUT2D eigenvalue weighted by Gasteiger charge is 2.22. The third-order valence-corrected chi connectivity index (χ3v) is 5.83. The fraction of sp³-hybridized carbons (Fsp3) is 0.261. The average Bonchev–Trinajstić information content (AvgIpc) is 3.26. The lowest BCUT2D eigenvalue weighted by atomic mass is 10.1. The molecule has 0 aliphatic carbocycles. The molecule has 2 heterocycles. The van der Waals surface area contributed by atoms with Gasteiger partial charge in [-0.1, -0.05) is 36.4 Å². The van der Waals surface area contributed by atoms with Gasteiger partial charge in [-0.25, -0.2) is 0 Å². The Morgan fingerprint density at radius 1 is 0.893 bits per heavy atom. The summed E-state index contributed by atoms with van der Waals surface area (Å²) in [5, 5.41) is 2.11. The largest absolute Gasteiger partial charge is 0.489 e. The van der Waals surface area contributed by atoms with Crippen LogP contribution in [0.1, 0.15) is 20.8 Å². The fourth-order valence-corrected chi connectivity index (χ4v) is 4.09. The summed E-state index contributed by atoms with van der Waals surface area (Å²) in [4.78, 5) is 18.5. The molecule has 1 aromatic heterocycles. The number of hydrogen-bond acceptors (Lipinski definition) is 4. The van der Waals surface area contributed by atoms with Crippen molar-refractivity contribution in [2.45, 2.75) is 13.2 Å². The number of piperazine rings is 1. The third kappa shape index (κ3) is 4.80. The van der Waals surface area contributed by atoms with Crippen molar-refractivity contribution in [3.63, 3.8) is 0 Å². The van der Waals surface area contributed by atoms with Crippen molar-refractivity contribution in [1.29, 1.82) is 0 Å². The van der Waals surface area contributed by atoms with Crippen LogP contribution in [0.25, 0.3) is 0 Å². The Balaban J connectivity index is 1.28.